The molecule has 0 spiro atoms. The maximum Gasteiger partial charge on any atom is 0.335 e. The zero-order valence-corrected chi connectivity index (χ0v) is 10.2. The van der Waals surface area contributed by atoms with E-state index in [4.69, 9.17) is 4.74 Å². The number of hydrogen-bond donors (Lipinski definition) is 2. The number of rotatable bonds is 2. The van der Waals surface area contributed by atoms with Gasteiger partial charge in [-0.05, 0) is 19.1 Å². The number of nitrogens with one attached hydrogen (secondary N) is 1. The number of aromatic nitrogens is 2. The quantitative estimate of drug-likeness (QED) is 0.837. The number of benzene rings is 1. The molecule has 0 saturated heterocycles. The molecule has 0 radical (unpaired) electrons. The van der Waals surface area contributed by atoms with Crippen molar-refractivity contribution >= 4 is 0 Å². The molecule has 0 unspecified atom stereocenters. The molecule has 6 nitrogen and oxygen atoms in total. The Morgan fingerprint density at radius 2 is 2.05 bits per heavy atom. The molecule has 0 bridgehead atoms. The molecule has 2 rings (SSSR count). The predicted octanol–water partition coefficient (Wildman–Crippen LogP) is 0.688. The van der Waals surface area contributed by atoms with Crippen LogP contribution in [0.5, 0.6) is 11.6 Å². The Labute approximate surface area is 106 Å². The van der Waals surface area contributed by atoms with Gasteiger partial charge in [-0.15, -0.1) is 0 Å². The summed E-state index contributed by atoms with van der Waals surface area (Å²) in [6.07, 6.45) is 0. The van der Waals surface area contributed by atoms with Crippen LogP contribution in [-0.4, -0.2) is 21.8 Å². The van der Waals surface area contributed by atoms with Crippen molar-refractivity contribution in [3.8, 4) is 17.3 Å². The minimum Gasteiger partial charge on any atom is -0.494 e. The van der Waals surface area contributed by atoms with Crippen LogP contribution in [0.1, 0.15) is 5.56 Å². The molecule has 1 heterocycles. The van der Waals surface area contributed by atoms with Crippen molar-refractivity contribution in [2.75, 3.05) is 7.11 Å². The Balaban J connectivity index is 2.83. The summed E-state index contributed by atoms with van der Waals surface area (Å²) in [6.45, 7) is 1.36. The predicted molar refractivity (Wildman–Crippen MR) is 65.6 cm³/mol. The molecule has 100 valence electrons. The summed E-state index contributed by atoms with van der Waals surface area (Å²) in [7, 11) is 1.30. The molecule has 0 aliphatic rings. The second-order valence-corrected chi connectivity index (χ2v) is 3.86. The first-order valence-corrected chi connectivity index (χ1v) is 5.34. The first-order chi connectivity index (χ1) is 8.95. The van der Waals surface area contributed by atoms with Crippen molar-refractivity contribution in [2.24, 2.45) is 0 Å². The average Bonchev–Trinajstić information content (AvgIpc) is 2.37. The van der Waals surface area contributed by atoms with Crippen molar-refractivity contribution < 1.29 is 14.2 Å². The van der Waals surface area contributed by atoms with E-state index in [9.17, 15) is 19.1 Å². The number of aromatic hydroxyl groups is 1. The van der Waals surface area contributed by atoms with Crippen LogP contribution < -0.4 is 16.0 Å². The number of methoxy groups -OCH3 is 1. The van der Waals surface area contributed by atoms with Gasteiger partial charge in [0.2, 0.25) is 5.88 Å². The van der Waals surface area contributed by atoms with Crippen LogP contribution in [0.4, 0.5) is 4.39 Å². The van der Waals surface area contributed by atoms with Crippen molar-refractivity contribution in [3.63, 3.8) is 0 Å². The van der Waals surface area contributed by atoms with E-state index in [1.54, 1.807) is 0 Å². The Bertz CT molecular complexity index is 748. The molecule has 0 saturated carbocycles. The monoisotopic (exact) mass is 266 g/mol. The number of aromatic amines is 1. The summed E-state index contributed by atoms with van der Waals surface area (Å²) in [5.74, 6) is -1.00. The number of ether oxygens (including phenoxy) is 1. The summed E-state index contributed by atoms with van der Waals surface area (Å²) in [5, 5.41) is 9.90. The summed E-state index contributed by atoms with van der Waals surface area (Å²) in [6, 6.07) is 3.46. The molecule has 0 fully saturated rings. The van der Waals surface area contributed by atoms with E-state index in [0.717, 1.165) is 16.7 Å². The van der Waals surface area contributed by atoms with Crippen LogP contribution in [0.2, 0.25) is 0 Å². The fraction of sp³-hybridized carbons (Fsp3) is 0.167. The molecule has 2 N–H and O–H groups in total. The number of H-pyrrole nitrogens is 1. The Morgan fingerprint density at radius 1 is 1.37 bits per heavy atom. The molecule has 19 heavy (non-hydrogen) atoms. The summed E-state index contributed by atoms with van der Waals surface area (Å²) < 4.78 is 18.9. The molecule has 1 aromatic heterocycles. The lowest BCUT2D eigenvalue weighted by atomic mass is 10.2. The number of nitrogens with zero attached hydrogens (tertiary/aromatic N) is 1. The molecule has 2 aromatic rings. The normalized spacial score (nSPS) is 10.5. The Kier molecular flexibility index (Phi) is 3.12. The van der Waals surface area contributed by atoms with Crippen molar-refractivity contribution in [1.82, 2.24) is 9.55 Å². The zero-order chi connectivity index (χ0) is 14.2. The fourth-order valence-electron chi connectivity index (χ4n) is 1.67. The van der Waals surface area contributed by atoms with Crippen molar-refractivity contribution in [2.45, 2.75) is 6.92 Å². The van der Waals surface area contributed by atoms with Gasteiger partial charge in [0, 0.05) is 6.07 Å². The van der Waals surface area contributed by atoms with Crippen LogP contribution in [0.3, 0.4) is 0 Å². The van der Waals surface area contributed by atoms with E-state index in [1.165, 1.54) is 20.1 Å². The summed E-state index contributed by atoms with van der Waals surface area (Å²) >= 11 is 0. The smallest absolute Gasteiger partial charge is 0.335 e. The van der Waals surface area contributed by atoms with Gasteiger partial charge in [0.25, 0.3) is 5.56 Å². The lowest BCUT2D eigenvalue weighted by molar-refractivity contribution is 0.397. The average molecular weight is 266 g/mol. The minimum absolute atomic E-state index is 0.0222. The maximum absolute atomic E-state index is 13.1. The molecule has 0 aliphatic heterocycles. The number of hydrogen-bond acceptors (Lipinski definition) is 4. The van der Waals surface area contributed by atoms with Crippen molar-refractivity contribution in [3.05, 3.63) is 50.4 Å². The van der Waals surface area contributed by atoms with Gasteiger partial charge in [0.15, 0.2) is 0 Å². The minimum atomic E-state index is -0.835. The van der Waals surface area contributed by atoms with E-state index < -0.39 is 22.9 Å². The second-order valence-electron chi connectivity index (χ2n) is 3.86. The maximum atomic E-state index is 13.1. The SMILES string of the molecule is COc1cc(F)ccc1-n1c(O)c(C)c(=O)[nH]c1=O. The molecular weight excluding hydrogens is 255 g/mol. The van der Waals surface area contributed by atoms with Gasteiger partial charge >= 0.3 is 5.69 Å². The molecule has 1 aromatic carbocycles. The summed E-state index contributed by atoms with van der Waals surface area (Å²) in [4.78, 5) is 25.2. The fourth-order valence-corrected chi connectivity index (χ4v) is 1.67. The topological polar surface area (TPSA) is 84.3 Å². The van der Waals surface area contributed by atoms with Crippen LogP contribution in [0.25, 0.3) is 5.69 Å². The standard InChI is InChI=1S/C12H11FN2O4/c1-6-10(16)14-12(18)15(11(6)17)8-4-3-7(13)5-9(8)19-2/h3-5,17H,1-2H3,(H,14,16,18). The van der Waals surface area contributed by atoms with Crippen LogP contribution in [-0.2, 0) is 0 Å². The third-order valence-electron chi connectivity index (χ3n) is 2.69. The van der Waals surface area contributed by atoms with Crippen molar-refractivity contribution in [1.29, 1.82) is 0 Å². The molecule has 0 aliphatic carbocycles. The molecule has 0 amide bonds. The highest BCUT2D eigenvalue weighted by Gasteiger charge is 2.15. The largest absolute Gasteiger partial charge is 0.494 e. The Hall–Kier alpha value is -2.57. The molecule has 7 heteroatoms. The zero-order valence-electron chi connectivity index (χ0n) is 10.2. The lowest BCUT2D eigenvalue weighted by Crippen LogP contribution is -2.30. The highest BCUT2D eigenvalue weighted by molar-refractivity contribution is 5.49. The van der Waals surface area contributed by atoms with Gasteiger partial charge < -0.3 is 9.84 Å². The van der Waals surface area contributed by atoms with Gasteiger partial charge in [-0.25, -0.2) is 13.8 Å². The lowest BCUT2D eigenvalue weighted by Gasteiger charge is -2.13. The molecular formula is C12H11FN2O4. The summed E-state index contributed by atoms with van der Waals surface area (Å²) in [5.41, 5.74) is -1.41. The van der Waals surface area contributed by atoms with Gasteiger partial charge in [-0.1, -0.05) is 0 Å². The number of halogens is 1. The highest BCUT2D eigenvalue weighted by atomic mass is 19.1. The van der Waals surface area contributed by atoms with Crippen LogP contribution in [0, 0.1) is 12.7 Å². The third-order valence-corrected chi connectivity index (χ3v) is 2.69. The van der Waals surface area contributed by atoms with E-state index in [1.807, 2.05) is 0 Å². The van der Waals surface area contributed by atoms with E-state index in [-0.39, 0.29) is 17.0 Å². The third kappa shape index (κ3) is 2.10. The van der Waals surface area contributed by atoms with Crippen LogP contribution in [0.15, 0.2) is 27.8 Å². The first kappa shape index (κ1) is 12.9. The highest BCUT2D eigenvalue weighted by Crippen LogP contribution is 2.25. The Morgan fingerprint density at radius 3 is 2.68 bits per heavy atom. The van der Waals surface area contributed by atoms with E-state index in [0.29, 0.717) is 0 Å². The van der Waals surface area contributed by atoms with Gasteiger partial charge in [-0.3, -0.25) is 9.78 Å². The van der Waals surface area contributed by atoms with E-state index in [2.05, 4.69) is 4.98 Å². The molecule has 0 atom stereocenters. The second kappa shape index (κ2) is 4.60. The first-order valence-electron chi connectivity index (χ1n) is 5.34. The van der Waals surface area contributed by atoms with Gasteiger partial charge in [0.05, 0.1) is 18.4 Å². The van der Waals surface area contributed by atoms with E-state index >= 15 is 0 Å². The van der Waals surface area contributed by atoms with Crippen LogP contribution >= 0.6 is 0 Å². The van der Waals surface area contributed by atoms with Gasteiger partial charge in [-0.2, -0.15) is 0 Å². The van der Waals surface area contributed by atoms with Gasteiger partial charge in [0.1, 0.15) is 11.6 Å².